The lowest BCUT2D eigenvalue weighted by molar-refractivity contribution is -0.131. The molecule has 70 heavy (non-hydrogen) atoms. The summed E-state index contributed by atoms with van der Waals surface area (Å²) in [5, 5.41) is 0. The van der Waals surface area contributed by atoms with Crippen LogP contribution in [0.15, 0.2) is 119 Å². The number of aliphatic imine (C=N–C) groups is 2. The van der Waals surface area contributed by atoms with Gasteiger partial charge in [-0.15, -0.1) is 13.2 Å². The lowest BCUT2D eigenvalue weighted by Gasteiger charge is -2.32. The molecule has 2 aliphatic heterocycles. The number of anilines is 2. The highest BCUT2D eigenvalue weighted by atomic mass is 16.2. The van der Waals surface area contributed by atoms with Crippen LogP contribution >= 0.6 is 0 Å². The van der Waals surface area contributed by atoms with Gasteiger partial charge >= 0.3 is 0 Å². The summed E-state index contributed by atoms with van der Waals surface area (Å²) in [7, 11) is 0. The second-order valence-corrected chi connectivity index (χ2v) is 17.7. The van der Waals surface area contributed by atoms with Crippen LogP contribution in [-0.2, 0) is 11.2 Å². The van der Waals surface area contributed by atoms with Crippen molar-refractivity contribution in [3.05, 3.63) is 143 Å². The first-order valence-corrected chi connectivity index (χ1v) is 25.9. The highest BCUT2D eigenvalue weighted by Gasteiger charge is 2.24. The second-order valence-electron chi connectivity index (χ2n) is 17.7. The van der Waals surface area contributed by atoms with Gasteiger partial charge < -0.3 is 26.3 Å². The Hall–Kier alpha value is -6.03. The Morgan fingerprint density at radius 1 is 0.929 bits per heavy atom. The third-order valence-electron chi connectivity index (χ3n) is 13.0. The van der Waals surface area contributed by atoms with Gasteiger partial charge in [-0.3, -0.25) is 19.4 Å². The average Bonchev–Trinajstić information content (AvgIpc) is 3.39. The molecule has 1 atom stereocenters. The summed E-state index contributed by atoms with van der Waals surface area (Å²) in [5.41, 5.74) is 22.5. The summed E-state index contributed by atoms with van der Waals surface area (Å²) >= 11 is 0. The minimum absolute atomic E-state index is 0.110. The number of nitrogens with zero attached hydrogens (tertiary/aromatic N) is 4. The zero-order valence-corrected chi connectivity index (χ0v) is 45.1. The number of pyridine rings is 1. The molecule has 1 saturated carbocycles. The van der Waals surface area contributed by atoms with Crippen LogP contribution in [0.4, 0.5) is 17.1 Å². The van der Waals surface area contributed by atoms with Crippen molar-refractivity contribution in [2.45, 2.75) is 152 Å². The van der Waals surface area contributed by atoms with Crippen LogP contribution in [0.5, 0.6) is 0 Å². The number of carbonyl (C=O) groups excluding carboxylic acids is 2. The number of rotatable bonds is 13. The number of piperidine rings is 2. The fourth-order valence-electron chi connectivity index (χ4n) is 8.73. The number of nitrogen functional groups attached to an aromatic ring is 1. The van der Waals surface area contributed by atoms with Crippen molar-refractivity contribution < 1.29 is 9.59 Å². The average molecular weight is 958 g/mol. The lowest BCUT2D eigenvalue weighted by Crippen LogP contribution is -2.39. The van der Waals surface area contributed by atoms with Gasteiger partial charge in [0.1, 0.15) is 5.69 Å². The summed E-state index contributed by atoms with van der Waals surface area (Å²) in [4.78, 5) is 52.1. The summed E-state index contributed by atoms with van der Waals surface area (Å²) in [6.07, 6.45) is 19.4. The zero-order chi connectivity index (χ0) is 52.8. The van der Waals surface area contributed by atoms with Gasteiger partial charge in [-0.05, 0) is 117 Å². The van der Waals surface area contributed by atoms with E-state index in [4.69, 9.17) is 16.5 Å². The van der Waals surface area contributed by atoms with Crippen molar-refractivity contribution in [2.75, 3.05) is 36.8 Å². The quantitative estimate of drug-likeness (QED) is 0.0672. The van der Waals surface area contributed by atoms with Gasteiger partial charge in [0.15, 0.2) is 5.78 Å². The molecular weight excluding hydrogens is 867 g/mol. The number of amides is 1. The molecule has 6 rings (SSSR count). The van der Waals surface area contributed by atoms with Crippen LogP contribution < -0.4 is 21.9 Å². The summed E-state index contributed by atoms with van der Waals surface area (Å²) < 4.78 is 0. The van der Waals surface area contributed by atoms with Gasteiger partial charge in [0, 0.05) is 43.2 Å². The van der Waals surface area contributed by atoms with E-state index in [-0.39, 0.29) is 22.9 Å². The maximum atomic E-state index is 12.8. The summed E-state index contributed by atoms with van der Waals surface area (Å²) in [6, 6.07) is 14.1. The number of benzene rings is 2. The second kappa shape index (κ2) is 34.3. The van der Waals surface area contributed by atoms with E-state index in [2.05, 4.69) is 87.6 Å². The number of nitrogens with two attached hydrogens (primary N) is 2. The highest BCUT2D eigenvalue weighted by molar-refractivity contribution is 6.05. The van der Waals surface area contributed by atoms with E-state index in [1.807, 2.05) is 69.9 Å². The molecule has 0 bridgehead atoms. The molecular formula is C60H91N7O3. The Balaban J connectivity index is 0.000000612. The molecule has 2 saturated heterocycles. The fraction of sp³-hybridized carbons (Fsp3) is 0.483. The van der Waals surface area contributed by atoms with Crippen molar-refractivity contribution in [1.29, 1.82) is 0 Å². The summed E-state index contributed by atoms with van der Waals surface area (Å²) in [5.74, 6) is 2.39. The Bertz CT molecular complexity index is 2240. The molecule has 0 radical (unpaired) electrons. The van der Waals surface area contributed by atoms with E-state index >= 15 is 0 Å². The number of nitrogens with one attached hydrogen (secondary N) is 1. The van der Waals surface area contributed by atoms with E-state index in [1.165, 1.54) is 68.0 Å². The molecule has 0 spiro atoms. The number of hydrogen-bond acceptors (Lipinski definition) is 7. The highest BCUT2D eigenvalue weighted by Crippen LogP contribution is 2.31. The van der Waals surface area contributed by atoms with Crippen LogP contribution in [0.25, 0.3) is 6.08 Å². The standard InChI is InChI=1S/C28H37N7O2.C17H24O.C9H14.2C2H6.C2H4/c1-3-20-8-11-34(12-9-20)26(36)14-21-4-6-23(7-5-21)33-24-17-35(13-10-22(24)15-31-18-29)25-16-32-28(37)27(30)19(25)2;1-5-8-15(9-6-2)16-10-11-17(13(4)18)14(7-3)12-16;1-7-4-5-8(2)9(3)6-7;3*1-2/h4-7,15-16,18,20H,3,8-14,17,30H2,1-2H3,(H2,29,31)(H,32,37);7,10-12,15H,3,5-6,8-9H2,1-2,4H3;8H,1,3-6H2,2H3;2*1-2H3;1-2H2/b22-15-,33-24?;;;;;. The Morgan fingerprint density at radius 2 is 1.56 bits per heavy atom. The number of allylic oxidation sites excluding steroid dienone is 2. The van der Waals surface area contributed by atoms with Crippen molar-refractivity contribution in [3.63, 3.8) is 0 Å². The zero-order valence-electron chi connectivity index (χ0n) is 45.1. The number of ketones is 1. The van der Waals surface area contributed by atoms with Crippen LogP contribution in [0.1, 0.15) is 171 Å². The third kappa shape index (κ3) is 19.8. The molecule has 1 unspecified atom stereocenters. The van der Waals surface area contributed by atoms with Gasteiger partial charge in [0.05, 0.1) is 36.4 Å². The van der Waals surface area contributed by atoms with Crippen molar-refractivity contribution in [1.82, 2.24) is 9.88 Å². The van der Waals surface area contributed by atoms with Gasteiger partial charge in [-0.2, -0.15) is 0 Å². The molecule has 3 aliphatic rings. The Morgan fingerprint density at radius 3 is 2.09 bits per heavy atom. The molecule has 10 nitrogen and oxygen atoms in total. The first kappa shape index (κ1) is 62.0. The normalized spacial score (nSPS) is 16.9. The van der Waals surface area contributed by atoms with Crippen LogP contribution in [-0.4, -0.2) is 59.8 Å². The topological polar surface area (TPSA) is 150 Å². The van der Waals surface area contributed by atoms with E-state index < -0.39 is 0 Å². The van der Waals surface area contributed by atoms with Crippen LogP contribution in [0.3, 0.4) is 0 Å². The number of hydrogen-bond donors (Lipinski definition) is 3. The molecule has 10 heteroatoms. The van der Waals surface area contributed by atoms with Gasteiger partial charge in [0.2, 0.25) is 5.91 Å². The number of carbonyl (C=O) groups is 2. The van der Waals surface area contributed by atoms with Crippen molar-refractivity contribution in [2.24, 2.45) is 27.6 Å². The first-order chi connectivity index (χ1) is 33.7. The molecule has 1 amide bonds. The van der Waals surface area contributed by atoms with E-state index in [1.54, 1.807) is 25.4 Å². The number of Topliss-reactive ketones (excluding diaryl/α,β-unsaturated/α-hetero) is 1. The third-order valence-corrected chi connectivity index (χ3v) is 13.0. The number of aromatic nitrogens is 1. The largest absolute Gasteiger partial charge is 0.394 e. The number of aromatic amines is 1. The monoisotopic (exact) mass is 958 g/mol. The molecule has 5 N–H and O–H groups in total. The van der Waals surface area contributed by atoms with Crippen molar-refractivity contribution >= 4 is 46.9 Å². The molecule has 3 fully saturated rings. The maximum Gasteiger partial charge on any atom is 0.271 e. The first-order valence-electron chi connectivity index (χ1n) is 25.9. The number of H-pyrrole nitrogens is 1. The fourth-order valence-corrected chi connectivity index (χ4v) is 8.73. The minimum Gasteiger partial charge on any atom is -0.394 e. The Labute approximate surface area is 423 Å². The van der Waals surface area contributed by atoms with Crippen LogP contribution in [0.2, 0.25) is 0 Å². The predicted molar refractivity (Wildman–Crippen MR) is 305 cm³/mol. The lowest BCUT2D eigenvalue weighted by atomic mass is 9.84. The van der Waals surface area contributed by atoms with Gasteiger partial charge in [-0.25, -0.2) is 4.99 Å². The Kier molecular flexibility index (Phi) is 30.4. The van der Waals surface area contributed by atoms with E-state index in [0.29, 0.717) is 18.9 Å². The van der Waals surface area contributed by atoms with Crippen LogP contribution in [0, 0.1) is 18.8 Å². The summed E-state index contributed by atoms with van der Waals surface area (Å²) in [6.45, 7) is 41.1. The SMILES string of the molecule is C=C.C=C1CCC(C)C(=C)C1.C=Cc1cc(C(CCC)CCC)ccc1C(C)=O.CC.CC.CCC1CCN(C(=O)Cc2ccc(N=C3CN(c4c[nH]c(=O)c(N)c4C)CC/C3=C/N=CN)cc2)CC1. The molecule has 1 aliphatic carbocycles. The smallest absolute Gasteiger partial charge is 0.271 e. The maximum absolute atomic E-state index is 12.8. The van der Waals surface area contributed by atoms with Gasteiger partial charge in [-0.1, -0.05) is 142 Å². The van der Waals surface area contributed by atoms with E-state index in [0.717, 1.165) is 102 Å². The molecule has 1 aromatic heterocycles. The molecule has 3 heterocycles. The minimum atomic E-state index is -0.283. The number of likely N-dealkylation sites (tertiary alicyclic amines) is 1. The molecule has 384 valence electrons. The predicted octanol–water partition coefficient (Wildman–Crippen LogP) is 14.3. The van der Waals surface area contributed by atoms with Gasteiger partial charge in [0.25, 0.3) is 5.56 Å². The molecule has 2 aromatic carbocycles. The molecule has 3 aromatic rings. The van der Waals surface area contributed by atoms with Crippen molar-refractivity contribution in [3.8, 4) is 0 Å². The van der Waals surface area contributed by atoms with E-state index in [9.17, 15) is 14.4 Å².